The van der Waals surface area contributed by atoms with E-state index in [1.54, 1.807) is 19.4 Å². The van der Waals surface area contributed by atoms with Crippen LogP contribution in [-0.4, -0.2) is 99.8 Å². The van der Waals surface area contributed by atoms with Crippen molar-refractivity contribution in [1.82, 2.24) is 19.6 Å². The van der Waals surface area contributed by atoms with E-state index in [4.69, 9.17) is 26.1 Å². The van der Waals surface area contributed by atoms with Gasteiger partial charge in [0.05, 0.1) is 33.8 Å². The minimum atomic E-state index is -4.57. The second-order valence-corrected chi connectivity index (χ2v) is 21.2. The largest absolute Gasteiger partial charge is 0.476 e. The highest BCUT2D eigenvalue weighted by Crippen LogP contribution is 2.44. The normalized spacial score (nSPS) is 20.2. The predicted molar refractivity (Wildman–Crippen MR) is 263 cm³/mol. The minimum Gasteiger partial charge on any atom is -0.476 e. The van der Waals surface area contributed by atoms with E-state index in [1.807, 2.05) is 41.3 Å². The second kappa shape index (κ2) is 19.5. The molecule has 2 aliphatic carbocycles. The van der Waals surface area contributed by atoms with Crippen molar-refractivity contribution in [3.63, 3.8) is 0 Å². The lowest BCUT2D eigenvalue weighted by Crippen LogP contribution is -2.47. The van der Waals surface area contributed by atoms with Crippen LogP contribution in [0.15, 0.2) is 89.5 Å². The van der Waals surface area contributed by atoms with Gasteiger partial charge in [-0.2, -0.15) is 4.98 Å². The smallest absolute Gasteiger partial charge is 0.293 e. The van der Waals surface area contributed by atoms with E-state index in [0.717, 1.165) is 99.8 Å². The number of H-pyrrole nitrogens is 1. The molecule has 67 heavy (non-hydrogen) atoms. The molecule has 0 atom stereocenters. The van der Waals surface area contributed by atoms with E-state index in [9.17, 15) is 23.3 Å². The first-order valence-electron chi connectivity index (χ1n) is 23.3. The number of fused-ring (bicyclic) bond motifs is 2. The number of anilines is 4. The highest BCUT2D eigenvalue weighted by atomic mass is 35.5. The van der Waals surface area contributed by atoms with Crippen molar-refractivity contribution < 1.29 is 27.6 Å². The van der Waals surface area contributed by atoms with Crippen molar-refractivity contribution in [3.05, 3.63) is 111 Å². The number of aromatic nitrogens is 2. The molecule has 1 amide bonds. The first-order chi connectivity index (χ1) is 32.2. The van der Waals surface area contributed by atoms with E-state index in [2.05, 4.69) is 50.8 Å². The number of amides is 1. The quantitative estimate of drug-likeness (QED) is 0.0754. The van der Waals surface area contributed by atoms with Crippen molar-refractivity contribution in [2.24, 2.45) is 11.3 Å². The Hall–Kier alpha value is -5.68. The van der Waals surface area contributed by atoms with Gasteiger partial charge in [-0.15, -0.1) is 0 Å². The van der Waals surface area contributed by atoms with Crippen LogP contribution in [0.4, 0.5) is 28.4 Å². The molecule has 1 saturated carbocycles. The molecule has 3 N–H and O–H groups in total. The van der Waals surface area contributed by atoms with Gasteiger partial charge in [0.15, 0.2) is 0 Å². The number of aromatic amines is 1. The molecule has 1 saturated heterocycles. The van der Waals surface area contributed by atoms with E-state index < -0.39 is 31.4 Å². The van der Waals surface area contributed by atoms with Crippen molar-refractivity contribution in [2.75, 3.05) is 74.6 Å². The van der Waals surface area contributed by atoms with Crippen LogP contribution in [0.1, 0.15) is 81.1 Å². The van der Waals surface area contributed by atoms with Crippen molar-refractivity contribution in [2.45, 2.75) is 76.2 Å². The van der Waals surface area contributed by atoms with Gasteiger partial charge in [0.2, 0.25) is 5.88 Å². The number of nitro benzene ring substituents is 1. The number of halogens is 1. The Kier molecular flexibility index (Phi) is 13.5. The van der Waals surface area contributed by atoms with Gasteiger partial charge in [0.25, 0.3) is 21.6 Å². The van der Waals surface area contributed by atoms with Crippen LogP contribution >= 0.6 is 11.6 Å². The summed E-state index contributed by atoms with van der Waals surface area (Å²) in [5.74, 6) is -0.170. The molecule has 5 aromatic rings. The fraction of sp³-hybridized carbons (Fsp3) is 0.440. The summed E-state index contributed by atoms with van der Waals surface area (Å²) in [5, 5.41) is 17.0. The molecule has 354 valence electrons. The highest BCUT2D eigenvalue weighted by molar-refractivity contribution is 7.90. The third-order valence-electron chi connectivity index (χ3n) is 14.0. The Labute approximate surface area is 397 Å². The molecular formula is C50H59ClN8O7S. The molecule has 0 bridgehead atoms. The third kappa shape index (κ3) is 10.4. The number of nitro groups is 1. The summed E-state index contributed by atoms with van der Waals surface area (Å²) < 4.78 is 41.9. The number of benzene rings is 3. The average molecular weight is 952 g/mol. The number of hydrogen-bond acceptors (Lipinski definition) is 12. The number of pyridine rings is 1. The average Bonchev–Trinajstić information content (AvgIpc) is 3.69. The van der Waals surface area contributed by atoms with Crippen molar-refractivity contribution >= 4 is 72.6 Å². The number of piperazine rings is 1. The van der Waals surface area contributed by atoms with E-state index >= 15 is 0 Å². The monoisotopic (exact) mass is 950 g/mol. The van der Waals surface area contributed by atoms with Crippen molar-refractivity contribution in [3.8, 4) is 5.88 Å². The Morgan fingerprint density at radius 1 is 0.985 bits per heavy atom. The first-order valence-corrected chi connectivity index (χ1v) is 25.2. The molecule has 2 aliphatic heterocycles. The molecule has 0 radical (unpaired) electrons. The maximum absolute atomic E-state index is 14.4. The number of nitrogens with one attached hydrogen (secondary N) is 3. The van der Waals surface area contributed by atoms with Crippen molar-refractivity contribution in [1.29, 1.82) is 0 Å². The van der Waals surface area contributed by atoms with Gasteiger partial charge < -0.3 is 29.6 Å². The number of methoxy groups -OCH3 is 1. The summed E-state index contributed by atoms with van der Waals surface area (Å²) in [7, 11) is -2.86. The van der Waals surface area contributed by atoms with Gasteiger partial charge in [-0.05, 0) is 128 Å². The van der Waals surface area contributed by atoms with Crippen LogP contribution in [0, 0.1) is 21.4 Å². The first kappa shape index (κ1) is 46.4. The van der Waals surface area contributed by atoms with Gasteiger partial charge in [0, 0.05) is 81.3 Å². The minimum absolute atomic E-state index is 0.117. The lowest BCUT2D eigenvalue weighted by atomic mass is 9.72. The van der Waals surface area contributed by atoms with E-state index in [-0.39, 0.29) is 22.8 Å². The van der Waals surface area contributed by atoms with Gasteiger partial charge in [0.1, 0.15) is 17.0 Å². The molecular weight excluding hydrogens is 892 g/mol. The number of sulfonamides is 1. The summed E-state index contributed by atoms with van der Waals surface area (Å²) in [6, 6.07) is 21.3. The van der Waals surface area contributed by atoms with Crippen LogP contribution in [-0.2, 0) is 14.8 Å². The maximum Gasteiger partial charge on any atom is 0.293 e. The summed E-state index contributed by atoms with van der Waals surface area (Å²) in [5.41, 5.74) is 6.99. The maximum atomic E-state index is 14.4. The number of carbonyl (C=O) groups is 1. The SMILES string of the molecule is CO[C@H]1CC[C@@H](CNc2ccc(S(=O)(=O)NC(=O)c3ccc(N4CCN(CC5=C(c6ccc(Cl)cc6)CC(C)(C)CC5)CC4)cc3N3CCCOc4nc5[nH]ccc5cc43)cc2[N+](=O)[O-])CC1. The Balaban J connectivity index is 0.973. The highest BCUT2D eigenvalue weighted by Gasteiger charge is 2.32. The number of hydrogen-bond donors (Lipinski definition) is 3. The summed E-state index contributed by atoms with van der Waals surface area (Å²) in [6.45, 7) is 10.1. The number of ether oxygens (including phenoxy) is 2. The van der Waals surface area contributed by atoms with E-state index in [0.29, 0.717) is 54.9 Å². The topological polar surface area (TPSA) is 175 Å². The van der Waals surface area contributed by atoms with Gasteiger partial charge >= 0.3 is 0 Å². The molecule has 9 rings (SSSR count). The molecule has 3 aromatic carbocycles. The lowest BCUT2D eigenvalue weighted by molar-refractivity contribution is -0.384. The van der Waals surface area contributed by atoms with Crippen LogP contribution in [0.2, 0.25) is 5.02 Å². The third-order valence-corrected chi connectivity index (χ3v) is 15.6. The molecule has 15 nitrogen and oxygen atoms in total. The summed E-state index contributed by atoms with van der Waals surface area (Å²) in [6.07, 6.45) is 9.52. The molecule has 17 heteroatoms. The Bertz CT molecular complexity index is 2780. The van der Waals surface area contributed by atoms with Gasteiger partial charge in [-0.25, -0.2) is 13.1 Å². The zero-order valence-electron chi connectivity index (χ0n) is 38.4. The second-order valence-electron chi connectivity index (χ2n) is 19.1. The van der Waals surface area contributed by atoms with Crippen LogP contribution in [0.3, 0.4) is 0 Å². The molecule has 4 heterocycles. The lowest BCUT2D eigenvalue weighted by Gasteiger charge is -2.39. The zero-order valence-corrected chi connectivity index (χ0v) is 39.9. The van der Waals surface area contributed by atoms with Crippen LogP contribution in [0.25, 0.3) is 16.6 Å². The number of allylic oxidation sites excluding steroid dienone is 1. The van der Waals surface area contributed by atoms with Gasteiger partial charge in [-0.3, -0.25) is 19.8 Å². The van der Waals surface area contributed by atoms with Crippen LogP contribution in [0.5, 0.6) is 5.88 Å². The predicted octanol–water partition coefficient (Wildman–Crippen LogP) is 9.57. The fourth-order valence-corrected chi connectivity index (χ4v) is 11.2. The van der Waals surface area contributed by atoms with E-state index in [1.165, 1.54) is 28.8 Å². The molecule has 4 aliphatic rings. The number of nitrogens with zero attached hydrogens (tertiary/aromatic N) is 5. The van der Waals surface area contributed by atoms with Gasteiger partial charge in [-0.1, -0.05) is 43.2 Å². The summed E-state index contributed by atoms with van der Waals surface area (Å²) >= 11 is 6.28. The summed E-state index contributed by atoms with van der Waals surface area (Å²) in [4.78, 5) is 40.4. The zero-order chi connectivity index (χ0) is 46.9. The standard InChI is InChI=1S/C50H59ClN8O7S/c1-50(2)19-17-36(42(30-50)34-7-9-37(51)10-8-34)32-56-22-24-57(25-23-56)38-11-15-41(44(28-38)58-21-4-26-66-49-46(58)27-35-18-20-52-47(35)54-49)48(60)55-67(63,64)40-14-16-43(45(29-40)59(61)62)53-31-33-5-12-39(65-3)13-6-33/h7-11,14-16,18,20,27-29,33,39,53H,4-6,12-13,17,19,21-26,30-32H2,1-3H3,(H,52,54)(H,55,60)/t33-,39+. The van der Waals surface area contributed by atoms with Crippen LogP contribution < -0.4 is 24.6 Å². The fourth-order valence-electron chi connectivity index (χ4n) is 10.1. The Morgan fingerprint density at radius 2 is 1.76 bits per heavy atom. The molecule has 2 fully saturated rings. The molecule has 2 aromatic heterocycles. The molecule has 0 spiro atoms. The Morgan fingerprint density at radius 3 is 2.51 bits per heavy atom. The number of carbonyl (C=O) groups excluding carboxylic acids is 1. The molecule has 0 unspecified atom stereocenters. The number of rotatable bonds is 13.